The van der Waals surface area contributed by atoms with Gasteiger partial charge >= 0.3 is 0 Å². The number of nitrogens with zero attached hydrogens (tertiary/aromatic N) is 4. The third-order valence-electron chi connectivity index (χ3n) is 6.20. The second-order valence-corrected chi connectivity index (χ2v) is 8.98. The number of anilines is 2. The van der Waals surface area contributed by atoms with Crippen LogP contribution in [0.3, 0.4) is 0 Å². The van der Waals surface area contributed by atoms with Gasteiger partial charge in [-0.15, -0.1) is 0 Å². The summed E-state index contributed by atoms with van der Waals surface area (Å²) in [6, 6.07) is 6.13. The van der Waals surface area contributed by atoms with Crippen molar-refractivity contribution in [2.24, 2.45) is 5.92 Å². The van der Waals surface area contributed by atoms with Crippen molar-refractivity contribution in [3.63, 3.8) is 0 Å². The minimum atomic E-state index is 0.253. The molecule has 2 aromatic rings. The lowest BCUT2D eigenvalue weighted by Gasteiger charge is -2.30. The summed E-state index contributed by atoms with van der Waals surface area (Å²) in [6.45, 7) is 2.87. The van der Waals surface area contributed by atoms with Gasteiger partial charge < -0.3 is 15.4 Å². The summed E-state index contributed by atoms with van der Waals surface area (Å²) in [7, 11) is 1.68. The van der Waals surface area contributed by atoms with Crippen molar-refractivity contribution in [2.45, 2.75) is 37.6 Å². The van der Waals surface area contributed by atoms with Gasteiger partial charge in [-0.3, -0.25) is 10.9 Å². The fourth-order valence-electron chi connectivity index (χ4n) is 4.44. The van der Waals surface area contributed by atoms with Gasteiger partial charge in [0.25, 0.3) is 0 Å². The molecule has 4 rings (SSSR count). The molecule has 1 aromatic heterocycles. The normalized spacial score (nSPS) is 23.0. The van der Waals surface area contributed by atoms with E-state index in [2.05, 4.69) is 25.7 Å². The van der Waals surface area contributed by atoms with Gasteiger partial charge in [0.1, 0.15) is 5.82 Å². The lowest BCUT2D eigenvalue weighted by Crippen LogP contribution is -2.36. The lowest BCUT2D eigenvalue weighted by molar-refractivity contribution is 0.205. The second kappa shape index (κ2) is 10.3. The van der Waals surface area contributed by atoms with Crippen molar-refractivity contribution in [1.29, 1.82) is 0 Å². The fraction of sp³-hybridized carbons (Fsp3) is 0.571. The predicted molar refractivity (Wildman–Crippen MR) is 124 cm³/mol. The largest absolute Gasteiger partial charge is 0.383 e. The number of methoxy groups -OCH3 is 1. The molecule has 1 saturated heterocycles. The molecular formula is C21H29Cl2N7O. The maximum absolute atomic E-state index is 6.38. The Hall–Kier alpha value is -1.71. The number of benzene rings is 1. The molecule has 1 saturated carbocycles. The minimum absolute atomic E-state index is 0.253. The topological polar surface area (TPSA) is 101 Å². The lowest BCUT2D eigenvalue weighted by atomic mass is 9.79. The highest BCUT2D eigenvalue weighted by Gasteiger charge is 2.35. The Morgan fingerprint density at radius 2 is 2.06 bits per heavy atom. The number of hydrazine groups is 1. The Bertz CT molecular complexity index is 900. The molecule has 0 radical (unpaired) electrons. The quantitative estimate of drug-likeness (QED) is 0.546. The third-order valence-corrected chi connectivity index (χ3v) is 7.06. The zero-order chi connectivity index (χ0) is 21.8. The van der Waals surface area contributed by atoms with Crippen molar-refractivity contribution in [3.8, 4) is 0 Å². The van der Waals surface area contributed by atoms with Gasteiger partial charge in [0.15, 0.2) is 0 Å². The fourth-order valence-corrected chi connectivity index (χ4v) is 4.86. The summed E-state index contributed by atoms with van der Waals surface area (Å²) < 4.78 is 5.31. The van der Waals surface area contributed by atoms with Gasteiger partial charge in [0, 0.05) is 38.7 Å². The number of halogens is 2. The zero-order valence-corrected chi connectivity index (χ0v) is 19.2. The highest BCUT2D eigenvalue weighted by atomic mass is 35.5. The van der Waals surface area contributed by atoms with Crippen molar-refractivity contribution >= 4 is 35.1 Å². The Balaban J connectivity index is 1.52. The van der Waals surface area contributed by atoms with Crippen LogP contribution in [0.15, 0.2) is 18.2 Å². The van der Waals surface area contributed by atoms with Crippen LogP contribution in [-0.2, 0) is 11.2 Å². The summed E-state index contributed by atoms with van der Waals surface area (Å²) >= 11 is 12.5. The first-order valence-corrected chi connectivity index (χ1v) is 11.5. The van der Waals surface area contributed by atoms with E-state index in [0.717, 1.165) is 37.2 Å². The molecule has 0 spiro atoms. The van der Waals surface area contributed by atoms with E-state index in [0.29, 0.717) is 54.1 Å². The minimum Gasteiger partial charge on any atom is -0.383 e. The van der Waals surface area contributed by atoms with Crippen LogP contribution in [0.4, 0.5) is 11.9 Å². The molecule has 2 aliphatic rings. The summed E-state index contributed by atoms with van der Waals surface area (Å²) in [6.07, 6.45) is 3.91. The first-order chi connectivity index (χ1) is 15.0. The molecule has 168 valence electrons. The van der Waals surface area contributed by atoms with Gasteiger partial charge in [-0.25, -0.2) is 0 Å². The number of hydrogen-bond donors (Lipinski definition) is 3. The second-order valence-electron chi connectivity index (χ2n) is 8.20. The van der Waals surface area contributed by atoms with Crippen LogP contribution in [0.2, 0.25) is 10.0 Å². The number of ether oxygens (including phenoxy) is 1. The van der Waals surface area contributed by atoms with E-state index >= 15 is 0 Å². The van der Waals surface area contributed by atoms with E-state index < -0.39 is 0 Å². The first kappa shape index (κ1) is 22.5. The third kappa shape index (κ3) is 5.38. The Labute approximate surface area is 192 Å². The van der Waals surface area contributed by atoms with Gasteiger partial charge in [-0.05, 0) is 43.2 Å². The molecule has 1 aliphatic heterocycles. The molecule has 3 atom stereocenters. The molecule has 1 aliphatic carbocycles. The monoisotopic (exact) mass is 465 g/mol. The van der Waals surface area contributed by atoms with Crippen molar-refractivity contribution < 1.29 is 4.74 Å². The van der Waals surface area contributed by atoms with Crippen LogP contribution in [-0.4, -0.2) is 54.3 Å². The Morgan fingerprint density at radius 1 is 1.19 bits per heavy atom. The van der Waals surface area contributed by atoms with Gasteiger partial charge in [-0.2, -0.15) is 15.0 Å². The summed E-state index contributed by atoms with van der Waals surface area (Å²) in [5.41, 5.74) is 13.7. The van der Waals surface area contributed by atoms with Crippen LogP contribution in [0.5, 0.6) is 0 Å². The van der Waals surface area contributed by atoms with Gasteiger partial charge in [0.2, 0.25) is 11.9 Å². The maximum atomic E-state index is 6.38. The van der Waals surface area contributed by atoms with E-state index in [1.54, 1.807) is 13.2 Å². The Morgan fingerprint density at radius 3 is 2.90 bits per heavy atom. The van der Waals surface area contributed by atoms with Crippen molar-refractivity contribution in [3.05, 3.63) is 39.6 Å². The van der Waals surface area contributed by atoms with Gasteiger partial charge in [0.05, 0.1) is 16.7 Å². The maximum Gasteiger partial charge on any atom is 0.230 e. The number of nitrogen functional groups attached to an aromatic ring is 1. The average molecular weight is 466 g/mol. The molecule has 0 amide bonds. The number of hydrogen-bond acceptors (Lipinski definition) is 8. The Kier molecular flexibility index (Phi) is 7.45. The number of rotatable bonds is 8. The average Bonchev–Trinajstić information content (AvgIpc) is 3.24. The first-order valence-electron chi connectivity index (χ1n) is 10.7. The summed E-state index contributed by atoms with van der Waals surface area (Å²) in [5, 5.41) is 1.14. The number of nitrogens with two attached hydrogens (primary N) is 1. The summed E-state index contributed by atoms with van der Waals surface area (Å²) in [4.78, 5) is 15.8. The molecule has 31 heavy (non-hydrogen) atoms. The van der Waals surface area contributed by atoms with E-state index in [1.807, 2.05) is 12.1 Å². The van der Waals surface area contributed by atoms with Crippen LogP contribution < -0.4 is 21.5 Å². The molecule has 2 fully saturated rings. The SMILES string of the molecule is COCCN(CCc1cccc(Cl)c1Cl)c1nc(N)nc(C2CCC3CNNC3C2)n1. The van der Waals surface area contributed by atoms with Gasteiger partial charge in [-0.1, -0.05) is 35.3 Å². The molecule has 10 heteroatoms. The number of nitrogens with one attached hydrogen (secondary N) is 2. The smallest absolute Gasteiger partial charge is 0.230 e. The van der Waals surface area contributed by atoms with Crippen LogP contribution >= 0.6 is 23.2 Å². The van der Waals surface area contributed by atoms with E-state index in [4.69, 9.17) is 38.7 Å². The molecule has 1 aromatic carbocycles. The van der Waals surface area contributed by atoms with Crippen molar-refractivity contribution in [2.75, 3.05) is 44.0 Å². The molecule has 2 heterocycles. The standard InChI is InChI=1S/C21H29Cl2N7O/c1-31-10-9-30(8-7-13-3-2-4-16(22)18(13)23)21-27-19(26-20(24)28-21)14-5-6-15-12-25-29-17(15)11-14/h2-4,14-15,17,25,29H,5-12H2,1H3,(H2,24,26,27,28). The van der Waals surface area contributed by atoms with Crippen LogP contribution in [0, 0.1) is 5.92 Å². The van der Waals surface area contributed by atoms with E-state index in [1.165, 1.54) is 0 Å². The zero-order valence-electron chi connectivity index (χ0n) is 17.7. The molecule has 0 bridgehead atoms. The molecular weight excluding hydrogens is 437 g/mol. The van der Waals surface area contributed by atoms with E-state index in [9.17, 15) is 0 Å². The molecule has 8 nitrogen and oxygen atoms in total. The molecule has 4 N–H and O–H groups in total. The number of aromatic nitrogens is 3. The predicted octanol–water partition coefficient (Wildman–Crippen LogP) is 2.82. The van der Waals surface area contributed by atoms with Crippen LogP contribution in [0.1, 0.15) is 36.6 Å². The highest BCUT2D eigenvalue weighted by Crippen LogP contribution is 2.36. The highest BCUT2D eigenvalue weighted by molar-refractivity contribution is 6.42. The van der Waals surface area contributed by atoms with E-state index in [-0.39, 0.29) is 11.9 Å². The molecule has 3 unspecified atom stereocenters. The summed E-state index contributed by atoms with van der Waals surface area (Å²) in [5.74, 6) is 2.55. The van der Waals surface area contributed by atoms with Crippen molar-refractivity contribution in [1.82, 2.24) is 25.8 Å². The van der Waals surface area contributed by atoms with Crippen LogP contribution in [0.25, 0.3) is 0 Å². The number of fused-ring (bicyclic) bond motifs is 1.